The number of nitrogens with zero attached hydrogens (tertiary/aromatic N) is 2. The van der Waals surface area contributed by atoms with Crippen molar-refractivity contribution in [2.75, 3.05) is 0 Å². The van der Waals surface area contributed by atoms with Gasteiger partial charge in [-0.3, -0.25) is 4.79 Å². The van der Waals surface area contributed by atoms with Gasteiger partial charge in [-0.05, 0) is 12.1 Å². The van der Waals surface area contributed by atoms with E-state index in [2.05, 4.69) is 20.2 Å². The fraction of sp³-hybridized carbons (Fsp3) is 0. The van der Waals surface area contributed by atoms with Crippen molar-refractivity contribution in [3.8, 4) is 11.4 Å². The second kappa shape index (κ2) is 3.51. The lowest BCUT2D eigenvalue weighted by atomic mass is 10.2. The number of aromatic nitrogens is 4. The van der Waals surface area contributed by atoms with Crippen LogP contribution in [0.25, 0.3) is 22.4 Å². The number of H-pyrrole nitrogens is 2. The highest BCUT2D eigenvalue weighted by atomic mass is 19.1. The van der Waals surface area contributed by atoms with Crippen LogP contribution in [0.5, 0.6) is 0 Å². The number of hydrogen-bond acceptors (Lipinski definition) is 3. The summed E-state index contributed by atoms with van der Waals surface area (Å²) in [7, 11) is 0. The molecule has 5 nitrogen and oxygen atoms in total. The summed E-state index contributed by atoms with van der Waals surface area (Å²) in [6.07, 6.45) is 1.46. The first-order valence-electron chi connectivity index (χ1n) is 4.93. The summed E-state index contributed by atoms with van der Waals surface area (Å²) in [5, 5.41) is 5.94. The zero-order valence-electron chi connectivity index (χ0n) is 8.57. The van der Waals surface area contributed by atoms with Crippen LogP contribution in [0.2, 0.25) is 0 Å². The Morgan fingerprint density at radius 1 is 1.29 bits per heavy atom. The molecule has 0 aliphatic heterocycles. The van der Waals surface area contributed by atoms with E-state index in [4.69, 9.17) is 0 Å². The molecule has 0 unspecified atom stereocenters. The van der Waals surface area contributed by atoms with Crippen LogP contribution in [-0.4, -0.2) is 20.2 Å². The van der Waals surface area contributed by atoms with Crippen molar-refractivity contribution in [1.82, 2.24) is 20.2 Å². The molecule has 0 spiro atoms. The first-order valence-corrected chi connectivity index (χ1v) is 4.93. The highest BCUT2D eigenvalue weighted by Crippen LogP contribution is 2.18. The molecule has 0 fully saturated rings. The molecule has 0 atom stereocenters. The Labute approximate surface area is 94.3 Å². The van der Waals surface area contributed by atoms with Crippen molar-refractivity contribution >= 4 is 11.0 Å². The van der Waals surface area contributed by atoms with E-state index < -0.39 is 0 Å². The highest BCUT2D eigenvalue weighted by molar-refractivity contribution is 5.77. The quantitative estimate of drug-likeness (QED) is 0.664. The van der Waals surface area contributed by atoms with Gasteiger partial charge in [0, 0.05) is 5.56 Å². The van der Waals surface area contributed by atoms with Gasteiger partial charge in [0.2, 0.25) is 0 Å². The molecule has 1 aromatic carbocycles. The van der Waals surface area contributed by atoms with Crippen LogP contribution in [-0.2, 0) is 0 Å². The molecule has 0 bridgehead atoms. The number of imidazole rings is 1. The SMILES string of the molecule is O=c1[nH]ncc2[nH]c(-c3cccc(F)c3)nc12. The van der Waals surface area contributed by atoms with Crippen molar-refractivity contribution in [1.29, 1.82) is 0 Å². The average molecular weight is 230 g/mol. The minimum atomic E-state index is -0.374. The summed E-state index contributed by atoms with van der Waals surface area (Å²) in [5.74, 6) is 0.0907. The lowest BCUT2D eigenvalue weighted by Gasteiger charge is -1.95. The number of benzene rings is 1. The van der Waals surface area contributed by atoms with Crippen molar-refractivity contribution in [3.63, 3.8) is 0 Å². The average Bonchev–Trinajstić information content (AvgIpc) is 2.74. The molecular formula is C11H7FN4O. The Kier molecular flexibility index (Phi) is 2.01. The molecule has 3 rings (SSSR count). The third kappa shape index (κ3) is 1.59. The van der Waals surface area contributed by atoms with E-state index in [1.165, 1.54) is 18.3 Å². The largest absolute Gasteiger partial charge is 0.336 e. The number of hydrogen-bond donors (Lipinski definition) is 2. The van der Waals surface area contributed by atoms with Crippen molar-refractivity contribution in [3.05, 3.63) is 46.6 Å². The Morgan fingerprint density at radius 2 is 2.18 bits per heavy atom. The minimum Gasteiger partial charge on any atom is -0.336 e. The fourth-order valence-electron chi connectivity index (χ4n) is 1.63. The van der Waals surface area contributed by atoms with E-state index in [-0.39, 0.29) is 16.9 Å². The molecule has 0 aliphatic carbocycles. The number of nitrogens with one attached hydrogen (secondary N) is 2. The fourth-order valence-corrected chi connectivity index (χ4v) is 1.63. The van der Waals surface area contributed by atoms with Crippen molar-refractivity contribution in [2.45, 2.75) is 0 Å². The van der Waals surface area contributed by atoms with Crippen LogP contribution < -0.4 is 5.56 Å². The topological polar surface area (TPSA) is 74.4 Å². The van der Waals surface area contributed by atoms with E-state index >= 15 is 0 Å². The monoisotopic (exact) mass is 230 g/mol. The molecular weight excluding hydrogens is 223 g/mol. The lowest BCUT2D eigenvalue weighted by Crippen LogP contribution is -2.06. The third-order valence-corrected chi connectivity index (χ3v) is 2.40. The van der Waals surface area contributed by atoms with Crippen LogP contribution in [0.4, 0.5) is 4.39 Å². The molecule has 0 amide bonds. The normalized spacial score (nSPS) is 10.9. The molecule has 0 saturated carbocycles. The summed E-state index contributed by atoms with van der Waals surface area (Å²) in [6.45, 7) is 0. The smallest absolute Gasteiger partial charge is 0.292 e. The summed E-state index contributed by atoms with van der Waals surface area (Å²) in [6, 6.07) is 5.99. The van der Waals surface area contributed by atoms with Crippen LogP contribution in [0.15, 0.2) is 35.3 Å². The number of rotatable bonds is 1. The Morgan fingerprint density at radius 3 is 2.94 bits per heavy atom. The van der Waals surface area contributed by atoms with Gasteiger partial charge in [0.25, 0.3) is 5.56 Å². The number of fused-ring (bicyclic) bond motifs is 1. The number of aromatic amines is 2. The van der Waals surface area contributed by atoms with Gasteiger partial charge in [0.05, 0.1) is 11.7 Å². The Bertz CT molecular complexity index is 746. The second-order valence-corrected chi connectivity index (χ2v) is 3.56. The van der Waals surface area contributed by atoms with Crippen LogP contribution >= 0.6 is 0 Å². The maximum absolute atomic E-state index is 13.1. The zero-order valence-corrected chi connectivity index (χ0v) is 8.57. The molecule has 6 heteroatoms. The first kappa shape index (κ1) is 9.71. The Hall–Kier alpha value is -2.50. The van der Waals surface area contributed by atoms with Gasteiger partial charge < -0.3 is 4.98 Å². The van der Waals surface area contributed by atoms with Crippen molar-refractivity contribution in [2.24, 2.45) is 0 Å². The lowest BCUT2D eigenvalue weighted by molar-refractivity contribution is 0.628. The van der Waals surface area contributed by atoms with Gasteiger partial charge in [-0.25, -0.2) is 14.5 Å². The second-order valence-electron chi connectivity index (χ2n) is 3.56. The van der Waals surface area contributed by atoms with E-state index in [0.29, 0.717) is 16.9 Å². The summed E-state index contributed by atoms with van der Waals surface area (Å²) in [4.78, 5) is 18.5. The van der Waals surface area contributed by atoms with Gasteiger partial charge >= 0.3 is 0 Å². The predicted octanol–water partition coefficient (Wildman–Crippen LogP) is 1.45. The van der Waals surface area contributed by atoms with Crippen molar-refractivity contribution < 1.29 is 4.39 Å². The predicted molar refractivity (Wildman–Crippen MR) is 59.9 cm³/mol. The molecule has 0 aliphatic rings. The minimum absolute atomic E-state index is 0.263. The molecule has 17 heavy (non-hydrogen) atoms. The van der Waals surface area contributed by atoms with E-state index in [1.54, 1.807) is 12.1 Å². The summed E-state index contributed by atoms with van der Waals surface area (Å²) >= 11 is 0. The maximum Gasteiger partial charge on any atom is 0.292 e. The van der Waals surface area contributed by atoms with Gasteiger partial charge in [-0.1, -0.05) is 12.1 Å². The summed E-state index contributed by atoms with van der Waals surface area (Å²) < 4.78 is 13.1. The van der Waals surface area contributed by atoms with Gasteiger partial charge in [-0.2, -0.15) is 5.10 Å². The zero-order chi connectivity index (χ0) is 11.8. The van der Waals surface area contributed by atoms with E-state index in [9.17, 15) is 9.18 Å². The van der Waals surface area contributed by atoms with Gasteiger partial charge in [0.1, 0.15) is 11.6 Å². The van der Waals surface area contributed by atoms with Crippen LogP contribution in [0.3, 0.4) is 0 Å². The molecule has 2 N–H and O–H groups in total. The molecule has 0 saturated heterocycles. The molecule has 2 aromatic heterocycles. The Balaban J connectivity index is 2.25. The standard InChI is InChI=1S/C11H7FN4O/c12-7-3-1-2-6(4-7)10-14-8-5-13-16-11(17)9(8)15-10/h1-5H,(H,14,15)(H,16,17). The maximum atomic E-state index is 13.1. The molecule has 2 heterocycles. The third-order valence-electron chi connectivity index (χ3n) is 2.40. The van der Waals surface area contributed by atoms with E-state index in [0.717, 1.165) is 0 Å². The molecule has 3 aromatic rings. The molecule has 84 valence electrons. The molecule has 0 radical (unpaired) electrons. The van der Waals surface area contributed by atoms with Gasteiger partial charge in [0.15, 0.2) is 5.52 Å². The van der Waals surface area contributed by atoms with Crippen LogP contribution in [0, 0.1) is 5.82 Å². The summed E-state index contributed by atoms with van der Waals surface area (Å²) in [5.41, 5.74) is 0.995. The number of halogens is 1. The highest BCUT2D eigenvalue weighted by Gasteiger charge is 2.08. The first-order chi connectivity index (χ1) is 8.24. The van der Waals surface area contributed by atoms with E-state index in [1.807, 2.05) is 0 Å². The van der Waals surface area contributed by atoms with Crippen LogP contribution in [0.1, 0.15) is 0 Å². The van der Waals surface area contributed by atoms with Gasteiger partial charge in [-0.15, -0.1) is 0 Å².